The van der Waals surface area contributed by atoms with Gasteiger partial charge >= 0.3 is 5.97 Å². The highest BCUT2D eigenvalue weighted by Gasteiger charge is 2.19. The number of carbonyl (C=O) groups excluding carboxylic acids is 2. The molecule has 0 saturated carbocycles. The van der Waals surface area contributed by atoms with Crippen LogP contribution in [0.15, 0.2) is 72.9 Å². The Bertz CT molecular complexity index is 1130. The lowest BCUT2D eigenvalue weighted by atomic mass is 10.2. The fraction of sp³-hybridized carbons (Fsp3) is 0.167. The number of para-hydroxylation sites is 1. The molecule has 8 heteroatoms. The maximum Gasteiger partial charge on any atom is 0.304 e. The maximum atomic E-state index is 12.3. The lowest BCUT2D eigenvalue weighted by Gasteiger charge is -2.28. The number of rotatable bonds is 7. The quantitative estimate of drug-likeness (QED) is 0.247. The Morgan fingerprint density at radius 3 is 2.59 bits per heavy atom. The molecule has 1 heterocycles. The summed E-state index contributed by atoms with van der Waals surface area (Å²) in [7, 11) is 0. The number of nitrogens with zero attached hydrogens (tertiary/aromatic N) is 2. The van der Waals surface area contributed by atoms with Crippen molar-refractivity contribution in [1.29, 1.82) is 0 Å². The van der Waals surface area contributed by atoms with Gasteiger partial charge in [-0.2, -0.15) is 0 Å². The van der Waals surface area contributed by atoms with Crippen molar-refractivity contribution < 1.29 is 14.3 Å². The Morgan fingerprint density at radius 1 is 1.09 bits per heavy atom. The van der Waals surface area contributed by atoms with Gasteiger partial charge in [-0.05, 0) is 42.9 Å². The van der Waals surface area contributed by atoms with Crippen LogP contribution in [0, 0.1) is 0 Å². The van der Waals surface area contributed by atoms with Crippen LogP contribution in [0.25, 0.3) is 17.0 Å². The van der Waals surface area contributed by atoms with Gasteiger partial charge in [-0.15, -0.1) is 0 Å². The third-order valence-electron chi connectivity index (χ3n) is 4.47. The minimum absolute atomic E-state index is 0.0918. The number of thiocarbonyl (C=S) groups is 1. The van der Waals surface area contributed by atoms with Crippen LogP contribution in [-0.4, -0.2) is 34.9 Å². The number of pyridine rings is 1. The van der Waals surface area contributed by atoms with Crippen LogP contribution in [0.4, 0.5) is 5.69 Å². The fourth-order valence-electron chi connectivity index (χ4n) is 3.00. The normalized spacial score (nSPS) is 11.7. The van der Waals surface area contributed by atoms with Crippen molar-refractivity contribution in [3.8, 4) is 0 Å². The first-order valence-corrected chi connectivity index (χ1v) is 10.4. The second kappa shape index (κ2) is 11.0. The predicted octanol–water partition coefficient (Wildman–Crippen LogP) is 3.61. The zero-order valence-corrected chi connectivity index (χ0v) is 18.6. The number of anilines is 1. The number of amides is 1. The average Bonchev–Trinajstić information content (AvgIpc) is 2.78. The van der Waals surface area contributed by atoms with Gasteiger partial charge in [0.25, 0.3) is 0 Å². The van der Waals surface area contributed by atoms with Crippen LogP contribution in [0.5, 0.6) is 0 Å². The van der Waals surface area contributed by atoms with E-state index in [1.54, 1.807) is 24.1 Å². The van der Waals surface area contributed by atoms with E-state index in [0.717, 1.165) is 10.9 Å². The van der Waals surface area contributed by atoms with E-state index in [-0.39, 0.29) is 17.8 Å². The van der Waals surface area contributed by atoms with Gasteiger partial charge in [-0.25, -0.2) is 0 Å². The monoisotopic (exact) mass is 448 g/mol. The van der Waals surface area contributed by atoms with E-state index in [4.69, 9.17) is 17.0 Å². The number of benzene rings is 2. The third-order valence-corrected chi connectivity index (χ3v) is 4.81. The summed E-state index contributed by atoms with van der Waals surface area (Å²) in [6.45, 7) is 3.01. The number of ether oxygens (including phenoxy) is 1. The van der Waals surface area contributed by atoms with E-state index in [0.29, 0.717) is 11.2 Å². The smallest absolute Gasteiger partial charge is 0.304 e. The Kier molecular flexibility index (Phi) is 7.88. The second-order valence-electron chi connectivity index (χ2n) is 6.97. The van der Waals surface area contributed by atoms with Gasteiger partial charge in [0.15, 0.2) is 11.8 Å². The number of esters is 1. The molecule has 0 saturated heterocycles. The Balaban J connectivity index is 1.71. The molecule has 1 aromatic heterocycles. The van der Waals surface area contributed by atoms with Crippen molar-refractivity contribution in [2.45, 2.75) is 20.0 Å². The molecule has 0 spiro atoms. The number of hydrogen-bond donors (Lipinski definition) is 2. The van der Waals surface area contributed by atoms with E-state index in [9.17, 15) is 9.59 Å². The first-order valence-electron chi connectivity index (χ1n) is 10.0. The van der Waals surface area contributed by atoms with Crippen molar-refractivity contribution in [3.63, 3.8) is 0 Å². The third kappa shape index (κ3) is 6.36. The van der Waals surface area contributed by atoms with E-state index in [1.165, 1.54) is 13.0 Å². The molecule has 0 aliphatic rings. The van der Waals surface area contributed by atoms with Gasteiger partial charge in [0, 0.05) is 24.6 Å². The van der Waals surface area contributed by atoms with Gasteiger partial charge in [-0.1, -0.05) is 48.5 Å². The van der Waals surface area contributed by atoms with Gasteiger partial charge in [0.05, 0.1) is 17.4 Å². The molecule has 3 rings (SSSR count). The number of aromatic nitrogens is 1. The number of fused-ring (bicyclic) bond motifs is 1. The summed E-state index contributed by atoms with van der Waals surface area (Å²) in [6, 6.07) is 19.0. The summed E-state index contributed by atoms with van der Waals surface area (Å²) in [6.07, 6.45) is 4.41. The van der Waals surface area contributed by atoms with Gasteiger partial charge < -0.3 is 15.4 Å². The number of hydrogen-bond acceptors (Lipinski definition) is 5. The van der Waals surface area contributed by atoms with Crippen molar-refractivity contribution in [2.75, 3.05) is 11.6 Å². The van der Waals surface area contributed by atoms with Crippen molar-refractivity contribution in [1.82, 2.24) is 15.6 Å². The summed E-state index contributed by atoms with van der Waals surface area (Å²) in [5.41, 5.74) is 2.33. The van der Waals surface area contributed by atoms with Gasteiger partial charge in [-0.3, -0.25) is 19.5 Å². The molecule has 0 radical (unpaired) electrons. The van der Waals surface area contributed by atoms with E-state index in [2.05, 4.69) is 15.6 Å². The summed E-state index contributed by atoms with van der Waals surface area (Å²) < 4.78 is 5.21. The molecule has 164 valence electrons. The molecule has 7 nitrogen and oxygen atoms in total. The zero-order chi connectivity index (χ0) is 22.9. The Hall–Kier alpha value is -3.78. The van der Waals surface area contributed by atoms with Crippen molar-refractivity contribution in [3.05, 3.63) is 78.5 Å². The lowest BCUT2D eigenvalue weighted by molar-refractivity contribution is -0.140. The lowest BCUT2D eigenvalue weighted by Crippen LogP contribution is -2.51. The van der Waals surface area contributed by atoms with Crippen LogP contribution >= 0.6 is 12.2 Å². The molecule has 0 bridgehead atoms. The topological polar surface area (TPSA) is 83.6 Å². The average molecular weight is 449 g/mol. The van der Waals surface area contributed by atoms with E-state index in [1.807, 2.05) is 60.7 Å². The first-order chi connectivity index (χ1) is 15.4. The molecule has 0 aliphatic heterocycles. The maximum absolute atomic E-state index is 12.3. The van der Waals surface area contributed by atoms with Gasteiger partial charge in [0.1, 0.15) is 0 Å². The second-order valence-corrected chi connectivity index (χ2v) is 7.36. The van der Waals surface area contributed by atoms with Crippen LogP contribution < -0.4 is 15.5 Å². The highest BCUT2D eigenvalue weighted by molar-refractivity contribution is 7.80. The largest absolute Gasteiger partial charge is 0.444 e. The standard InChI is InChI=1S/C24H24N4O3S/c1-17(26-22(30)14-13-19-8-4-3-5-9-19)27-24(32)28(16-31-18(2)29)21-12-6-10-20-11-7-15-25-23(20)21/h3-15,17H,16H2,1-2H3,(H,26,30)(H,27,32)/b14-13+. The molecule has 2 N–H and O–H groups in total. The molecular formula is C24H24N4O3S. The summed E-state index contributed by atoms with van der Waals surface area (Å²) in [4.78, 5) is 29.8. The zero-order valence-electron chi connectivity index (χ0n) is 17.8. The SMILES string of the molecule is CC(=O)OCN(C(=S)NC(C)NC(=O)/C=C/c1ccccc1)c1cccc2cccnc12. The van der Waals surface area contributed by atoms with Gasteiger partial charge in [0.2, 0.25) is 5.91 Å². The molecule has 1 unspecified atom stereocenters. The summed E-state index contributed by atoms with van der Waals surface area (Å²) in [5.74, 6) is -0.701. The molecule has 32 heavy (non-hydrogen) atoms. The summed E-state index contributed by atoms with van der Waals surface area (Å²) in [5, 5.41) is 7.09. The molecule has 1 atom stereocenters. The van der Waals surface area contributed by atoms with E-state index >= 15 is 0 Å². The Morgan fingerprint density at radius 2 is 1.84 bits per heavy atom. The molecular weight excluding hydrogens is 424 g/mol. The van der Waals surface area contributed by atoms with E-state index < -0.39 is 12.1 Å². The number of nitrogens with one attached hydrogen (secondary N) is 2. The minimum Gasteiger partial charge on any atom is -0.444 e. The number of carbonyl (C=O) groups is 2. The van der Waals surface area contributed by atoms with Crippen LogP contribution in [0.1, 0.15) is 19.4 Å². The molecule has 1 amide bonds. The van der Waals surface area contributed by atoms with Crippen LogP contribution in [0.2, 0.25) is 0 Å². The van der Waals surface area contributed by atoms with Crippen LogP contribution in [-0.2, 0) is 14.3 Å². The van der Waals surface area contributed by atoms with Crippen LogP contribution in [0.3, 0.4) is 0 Å². The highest BCUT2D eigenvalue weighted by atomic mass is 32.1. The Labute approximate surface area is 192 Å². The molecule has 3 aromatic rings. The fourth-order valence-corrected chi connectivity index (χ4v) is 3.32. The predicted molar refractivity (Wildman–Crippen MR) is 130 cm³/mol. The minimum atomic E-state index is -0.474. The first kappa shape index (κ1) is 22.9. The van der Waals surface area contributed by atoms with Crippen molar-refractivity contribution in [2.24, 2.45) is 0 Å². The molecule has 0 fully saturated rings. The molecule has 2 aromatic carbocycles. The van der Waals surface area contributed by atoms with Crippen molar-refractivity contribution >= 4 is 51.9 Å². The molecule has 0 aliphatic carbocycles. The summed E-state index contributed by atoms with van der Waals surface area (Å²) >= 11 is 5.57. The highest BCUT2D eigenvalue weighted by Crippen LogP contribution is 2.25.